The molecule has 0 radical (unpaired) electrons. The fraction of sp³-hybridized carbons (Fsp3) is 0.923. The fourth-order valence-corrected chi connectivity index (χ4v) is 3.31. The lowest BCUT2D eigenvalue weighted by atomic mass is 9.48. The van der Waals surface area contributed by atoms with Gasteiger partial charge in [-0.15, -0.1) is 0 Å². The molecule has 104 valence electrons. The van der Waals surface area contributed by atoms with Gasteiger partial charge in [-0.05, 0) is 13.3 Å². The van der Waals surface area contributed by atoms with E-state index >= 15 is 0 Å². The van der Waals surface area contributed by atoms with E-state index < -0.39 is 5.54 Å². The number of carbonyl (C=O) groups is 1. The normalized spacial score (nSPS) is 38.7. The standard InChI is InChI=1S/C13H24N2O3/c1-8(17-4)7-15-11(16)13(14)9-5-6-18-10(9)12(13,2)3/h8-10H,5-7,14H2,1-4H3,(H,15,16). The molecule has 1 saturated heterocycles. The Morgan fingerprint density at radius 1 is 1.61 bits per heavy atom. The Morgan fingerprint density at radius 3 is 2.89 bits per heavy atom. The Bertz CT molecular complexity index is 345. The van der Waals surface area contributed by atoms with Gasteiger partial charge in [0.2, 0.25) is 5.91 Å². The van der Waals surface area contributed by atoms with Crippen LogP contribution in [0, 0.1) is 11.3 Å². The van der Waals surface area contributed by atoms with Gasteiger partial charge < -0.3 is 20.5 Å². The predicted octanol–water partition coefficient (Wildman–Crippen LogP) is 0.280. The zero-order valence-electron chi connectivity index (χ0n) is 11.7. The molecule has 2 aliphatic rings. The van der Waals surface area contributed by atoms with Gasteiger partial charge in [-0.3, -0.25) is 4.79 Å². The molecule has 0 aromatic carbocycles. The number of methoxy groups -OCH3 is 1. The van der Waals surface area contributed by atoms with Crippen LogP contribution in [0.1, 0.15) is 27.2 Å². The van der Waals surface area contributed by atoms with Crippen molar-refractivity contribution in [2.75, 3.05) is 20.3 Å². The molecule has 0 bridgehead atoms. The average Bonchev–Trinajstić information content (AvgIpc) is 2.82. The van der Waals surface area contributed by atoms with E-state index in [2.05, 4.69) is 5.32 Å². The molecule has 1 aliphatic heterocycles. The summed E-state index contributed by atoms with van der Waals surface area (Å²) in [5.74, 6) is 0.0634. The summed E-state index contributed by atoms with van der Waals surface area (Å²) in [5, 5.41) is 2.90. The van der Waals surface area contributed by atoms with Crippen LogP contribution in [-0.2, 0) is 14.3 Å². The molecule has 1 amide bonds. The van der Waals surface area contributed by atoms with E-state index in [1.54, 1.807) is 7.11 Å². The van der Waals surface area contributed by atoms with Gasteiger partial charge in [0.05, 0.1) is 12.2 Å². The second kappa shape index (κ2) is 4.47. The molecule has 5 heteroatoms. The molecule has 1 heterocycles. The first-order valence-corrected chi connectivity index (χ1v) is 6.57. The summed E-state index contributed by atoms with van der Waals surface area (Å²) in [5.41, 5.74) is 5.28. The maximum Gasteiger partial charge on any atom is 0.241 e. The molecule has 1 aliphatic carbocycles. The number of nitrogens with two attached hydrogens (primary N) is 1. The van der Waals surface area contributed by atoms with Crippen LogP contribution < -0.4 is 11.1 Å². The van der Waals surface area contributed by atoms with Crippen molar-refractivity contribution in [2.24, 2.45) is 17.1 Å². The quantitative estimate of drug-likeness (QED) is 0.758. The van der Waals surface area contributed by atoms with Crippen LogP contribution in [0.4, 0.5) is 0 Å². The summed E-state index contributed by atoms with van der Waals surface area (Å²) < 4.78 is 10.8. The van der Waals surface area contributed by atoms with E-state index in [0.717, 1.165) is 6.42 Å². The first-order chi connectivity index (χ1) is 8.35. The summed E-state index contributed by atoms with van der Waals surface area (Å²) in [7, 11) is 1.63. The van der Waals surface area contributed by atoms with Crippen LogP contribution in [0.3, 0.4) is 0 Å². The van der Waals surface area contributed by atoms with E-state index in [9.17, 15) is 4.79 Å². The van der Waals surface area contributed by atoms with Gasteiger partial charge in [0.15, 0.2) is 0 Å². The Morgan fingerprint density at radius 2 is 2.28 bits per heavy atom. The first-order valence-electron chi connectivity index (χ1n) is 6.57. The molecule has 2 rings (SSSR count). The molecule has 5 nitrogen and oxygen atoms in total. The minimum Gasteiger partial charge on any atom is -0.380 e. The number of hydrogen-bond acceptors (Lipinski definition) is 4. The van der Waals surface area contributed by atoms with Crippen LogP contribution in [0.15, 0.2) is 0 Å². The number of hydrogen-bond donors (Lipinski definition) is 2. The van der Waals surface area contributed by atoms with E-state index in [4.69, 9.17) is 15.2 Å². The third-order valence-corrected chi connectivity index (χ3v) is 4.78. The molecule has 18 heavy (non-hydrogen) atoms. The van der Waals surface area contributed by atoms with Gasteiger partial charge in [-0.1, -0.05) is 13.8 Å². The molecule has 0 spiro atoms. The zero-order chi connectivity index (χ0) is 13.6. The molecule has 4 unspecified atom stereocenters. The van der Waals surface area contributed by atoms with E-state index in [-0.39, 0.29) is 29.4 Å². The van der Waals surface area contributed by atoms with Crippen LogP contribution >= 0.6 is 0 Å². The number of amides is 1. The minimum absolute atomic E-state index is 0.00337. The maximum atomic E-state index is 12.4. The van der Waals surface area contributed by atoms with Gasteiger partial charge in [0, 0.05) is 31.6 Å². The molecular formula is C13H24N2O3. The van der Waals surface area contributed by atoms with Crippen LogP contribution in [-0.4, -0.2) is 43.9 Å². The fourth-order valence-electron chi connectivity index (χ4n) is 3.31. The zero-order valence-corrected chi connectivity index (χ0v) is 11.7. The van der Waals surface area contributed by atoms with Gasteiger partial charge in [-0.2, -0.15) is 0 Å². The third kappa shape index (κ3) is 1.68. The molecule has 0 aromatic heterocycles. The number of fused-ring (bicyclic) bond motifs is 1. The van der Waals surface area contributed by atoms with Crippen molar-refractivity contribution in [1.29, 1.82) is 0 Å². The second-order valence-electron chi connectivity index (χ2n) is 6.03. The van der Waals surface area contributed by atoms with Gasteiger partial charge >= 0.3 is 0 Å². The number of carbonyl (C=O) groups excluding carboxylic acids is 1. The SMILES string of the molecule is COC(C)CNC(=O)C1(N)C2CCOC2C1(C)C. The van der Waals surface area contributed by atoms with Crippen molar-refractivity contribution in [2.45, 2.75) is 44.9 Å². The lowest BCUT2D eigenvalue weighted by Gasteiger charge is -2.60. The second-order valence-corrected chi connectivity index (χ2v) is 6.03. The van der Waals surface area contributed by atoms with E-state index in [0.29, 0.717) is 13.2 Å². The summed E-state index contributed by atoms with van der Waals surface area (Å²) in [6.07, 6.45) is 0.988. The van der Waals surface area contributed by atoms with Crippen molar-refractivity contribution in [3.05, 3.63) is 0 Å². The highest BCUT2D eigenvalue weighted by atomic mass is 16.5. The number of rotatable bonds is 4. The van der Waals surface area contributed by atoms with Crippen molar-refractivity contribution in [1.82, 2.24) is 5.32 Å². The molecule has 4 atom stereocenters. The highest BCUT2D eigenvalue weighted by Crippen LogP contribution is 2.58. The predicted molar refractivity (Wildman–Crippen MR) is 68.0 cm³/mol. The molecule has 3 N–H and O–H groups in total. The Hall–Kier alpha value is -0.650. The van der Waals surface area contributed by atoms with Crippen molar-refractivity contribution >= 4 is 5.91 Å². The van der Waals surface area contributed by atoms with Crippen molar-refractivity contribution < 1.29 is 14.3 Å². The van der Waals surface area contributed by atoms with E-state index in [1.807, 2.05) is 20.8 Å². The largest absolute Gasteiger partial charge is 0.380 e. The minimum atomic E-state index is -0.818. The summed E-state index contributed by atoms with van der Waals surface area (Å²) in [6.45, 7) is 7.14. The molecule has 0 aromatic rings. The van der Waals surface area contributed by atoms with Gasteiger partial charge in [0.25, 0.3) is 0 Å². The topological polar surface area (TPSA) is 73.6 Å². The smallest absolute Gasteiger partial charge is 0.241 e. The van der Waals surface area contributed by atoms with Gasteiger partial charge in [-0.25, -0.2) is 0 Å². The molecule has 1 saturated carbocycles. The monoisotopic (exact) mass is 256 g/mol. The summed E-state index contributed by atoms with van der Waals surface area (Å²) in [6, 6.07) is 0. The molecule has 2 fully saturated rings. The Balaban J connectivity index is 2.04. The van der Waals surface area contributed by atoms with Crippen molar-refractivity contribution in [3.8, 4) is 0 Å². The highest BCUT2D eigenvalue weighted by Gasteiger charge is 2.71. The van der Waals surface area contributed by atoms with Crippen molar-refractivity contribution in [3.63, 3.8) is 0 Å². The van der Waals surface area contributed by atoms with Gasteiger partial charge in [0.1, 0.15) is 5.54 Å². The Kier molecular flexibility index (Phi) is 3.42. The summed E-state index contributed by atoms with van der Waals surface area (Å²) in [4.78, 5) is 12.4. The number of nitrogens with one attached hydrogen (secondary N) is 1. The lowest BCUT2D eigenvalue weighted by Crippen LogP contribution is -2.80. The lowest BCUT2D eigenvalue weighted by molar-refractivity contribution is -0.175. The van der Waals surface area contributed by atoms with Crippen LogP contribution in [0.2, 0.25) is 0 Å². The average molecular weight is 256 g/mol. The third-order valence-electron chi connectivity index (χ3n) is 4.78. The van der Waals surface area contributed by atoms with Crippen LogP contribution in [0.5, 0.6) is 0 Å². The summed E-state index contributed by atoms with van der Waals surface area (Å²) >= 11 is 0. The maximum absolute atomic E-state index is 12.4. The van der Waals surface area contributed by atoms with Crippen LogP contribution in [0.25, 0.3) is 0 Å². The number of ether oxygens (including phenoxy) is 2. The van der Waals surface area contributed by atoms with E-state index in [1.165, 1.54) is 0 Å². The highest BCUT2D eigenvalue weighted by molar-refractivity contribution is 5.89. The Labute approximate surface area is 108 Å². The molecular weight excluding hydrogens is 232 g/mol. The first kappa shape index (κ1) is 13.8.